The van der Waals surface area contributed by atoms with Crippen molar-refractivity contribution < 1.29 is 28.6 Å². The van der Waals surface area contributed by atoms with Crippen molar-refractivity contribution in [2.45, 2.75) is 40.2 Å². The van der Waals surface area contributed by atoms with Crippen molar-refractivity contribution in [2.75, 3.05) is 13.2 Å². The number of benzene rings is 1. The molecule has 1 aromatic carbocycles. The standard InChI is InChI=1S/C26H31N3O6/c1-18(2)8-7-9-19(3)12-13-33-25(31)21-14-22(34-17-20-10-5-4-6-11-20)24(28-16-21)35-26(32)29-23(30)15-27/h4-6,8,10-12,14,16H,7,9,13,15,17,27H2,1-3H3,(H,29,30,32)/b19-12+. The molecule has 2 rings (SSSR count). The van der Waals surface area contributed by atoms with E-state index >= 15 is 0 Å². The molecule has 186 valence electrons. The number of esters is 1. The SMILES string of the molecule is CC(C)=CCC/C(C)=C/COC(=O)c1cnc(OC(=O)NC(=O)CN)c(OCc2ccccc2)c1. The number of rotatable bonds is 11. The van der Waals surface area contributed by atoms with Gasteiger partial charge in [0.05, 0.1) is 12.1 Å². The maximum absolute atomic E-state index is 12.5. The first-order chi connectivity index (χ1) is 16.8. The Hall–Kier alpha value is -3.98. The minimum atomic E-state index is -1.07. The maximum atomic E-state index is 12.5. The van der Waals surface area contributed by atoms with Crippen molar-refractivity contribution in [3.05, 3.63) is 77.0 Å². The number of pyridine rings is 1. The number of allylic oxidation sites excluding steroid dienone is 3. The third kappa shape index (κ3) is 10.2. The molecule has 3 N–H and O–H groups in total. The highest BCUT2D eigenvalue weighted by atomic mass is 16.6. The lowest BCUT2D eigenvalue weighted by Gasteiger charge is -2.12. The molecule has 9 heteroatoms. The van der Waals surface area contributed by atoms with Gasteiger partial charge in [-0.2, -0.15) is 0 Å². The van der Waals surface area contributed by atoms with Gasteiger partial charge in [-0.05, 0) is 45.3 Å². The molecule has 0 bridgehead atoms. The Morgan fingerprint density at radius 3 is 2.51 bits per heavy atom. The molecule has 0 unspecified atom stereocenters. The lowest BCUT2D eigenvalue weighted by Crippen LogP contribution is -2.37. The molecule has 0 aliphatic carbocycles. The Labute approximate surface area is 205 Å². The number of hydrogen-bond acceptors (Lipinski definition) is 8. The smallest absolute Gasteiger partial charge is 0.420 e. The fourth-order valence-corrected chi connectivity index (χ4v) is 2.77. The van der Waals surface area contributed by atoms with Crippen LogP contribution in [0.1, 0.15) is 49.5 Å². The lowest BCUT2D eigenvalue weighted by atomic mass is 10.1. The van der Waals surface area contributed by atoms with Crippen LogP contribution in [0.3, 0.4) is 0 Å². The van der Waals surface area contributed by atoms with Crippen molar-refractivity contribution in [3.8, 4) is 11.6 Å². The molecule has 0 fully saturated rings. The molecule has 0 saturated carbocycles. The van der Waals surface area contributed by atoms with Crippen LogP contribution in [0, 0.1) is 0 Å². The third-order valence-electron chi connectivity index (χ3n) is 4.64. The Kier molecular flexibility index (Phi) is 11.2. The van der Waals surface area contributed by atoms with Crippen LogP contribution in [-0.2, 0) is 16.1 Å². The molecule has 1 aromatic heterocycles. The second kappa shape index (κ2) is 14.3. The number of ether oxygens (including phenoxy) is 3. The second-order valence-electron chi connectivity index (χ2n) is 7.91. The molecule has 0 saturated heterocycles. The molecule has 2 aromatic rings. The highest BCUT2D eigenvalue weighted by molar-refractivity contribution is 5.93. The van der Waals surface area contributed by atoms with Crippen LogP contribution in [0.25, 0.3) is 0 Å². The number of amides is 2. The van der Waals surface area contributed by atoms with Crippen molar-refractivity contribution >= 4 is 18.0 Å². The lowest BCUT2D eigenvalue weighted by molar-refractivity contribution is -0.118. The summed E-state index contributed by atoms with van der Waals surface area (Å²) in [5, 5.41) is 1.95. The van der Waals surface area contributed by atoms with Gasteiger partial charge in [0.15, 0.2) is 5.75 Å². The zero-order chi connectivity index (χ0) is 25.6. The number of carbonyl (C=O) groups is 3. The molecule has 2 amide bonds. The molecule has 0 atom stereocenters. The normalized spacial score (nSPS) is 10.8. The van der Waals surface area contributed by atoms with Gasteiger partial charge >= 0.3 is 12.1 Å². The van der Waals surface area contributed by atoms with Gasteiger partial charge in [-0.1, -0.05) is 47.6 Å². The monoisotopic (exact) mass is 481 g/mol. The summed E-state index contributed by atoms with van der Waals surface area (Å²) in [5.74, 6) is -1.50. The topological polar surface area (TPSA) is 130 Å². The number of nitrogens with one attached hydrogen (secondary N) is 1. The Bertz CT molecular complexity index is 1080. The average molecular weight is 482 g/mol. The van der Waals surface area contributed by atoms with Crippen LogP contribution >= 0.6 is 0 Å². The van der Waals surface area contributed by atoms with E-state index in [1.54, 1.807) is 0 Å². The summed E-state index contributed by atoms with van der Waals surface area (Å²) < 4.78 is 16.2. The van der Waals surface area contributed by atoms with Gasteiger partial charge < -0.3 is 19.9 Å². The van der Waals surface area contributed by atoms with Crippen molar-refractivity contribution in [2.24, 2.45) is 5.73 Å². The average Bonchev–Trinajstić information content (AvgIpc) is 2.83. The van der Waals surface area contributed by atoms with Crippen LogP contribution in [-0.4, -0.2) is 36.1 Å². The Morgan fingerprint density at radius 1 is 1.09 bits per heavy atom. The Morgan fingerprint density at radius 2 is 1.83 bits per heavy atom. The predicted octanol–water partition coefficient (Wildman–Crippen LogP) is 4.08. The minimum absolute atomic E-state index is 0.0343. The summed E-state index contributed by atoms with van der Waals surface area (Å²) in [6.07, 6.45) is 5.95. The van der Waals surface area contributed by atoms with Gasteiger partial charge in [0.25, 0.3) is 5.88 Å². The Balaban J connectivity index is 2.10. The molecule has 9 nitrogen and oxygen atoms in total. The first kappa shape index (κ1) is 27.3. The summed E-state index contributed by atoms with van der Waals surface area (Å²) in [6, 6.07) is 10.6. The predicted molar refractivity (Wildman–Crippen MR) is 131 cm³/mol. The number of aromatic nitrogens is 1. The van der Waals surface area contributed by atoms with Crippen molar-refractivity contribution in [1.82, 2.24) is 10.3 Å². The highest BCUT2D eigenvalue weighted by Crippen LogP contribution is 2.27. The van der Waals surface area contributed by atoms with Crippen molar-refractivity contribution in [3.63, 3.8) is 0 Å². The third-order valence-corrected chi connectivity index (χ3v) is 4.64. The van der Waals surface area contributed by atoms with E-state index in [0.717, 1.165) is 24.0 Å². The summed E-state index contributed by atoms with van der Waals surface area (Å²) in [4.78, 5) is 39.8. The van der Waals surface area contributed by atoms with E-state index in [4.69, 9.17) is 19.9 Å². The molecule has 35 heavy (non-hydrogen) atoms. The van der Waals surface area contributed by atoms with Gasteiger partial charge in [0, 0.05) is 12.3 Å². The highest BCUT2D eigenvalue weighted by Gasteiger charge is 2.18. The molecule has 0 radical (unpaired) electrons. The van der Waals surface area contributed by atoms with Crippen LogP contribution in [0.5, 0.6) is 11.6 Å². The zero-order valence-electron chi connectivity index (χ0n) is 20.2. The van der Waals surface area contributed by atoms with Crippen LogP contribution in [0.2, 0.25) is 0 Å². The number of hydrogen-bond donors (Lipinski definition) is 2. The maximum Gasteiger partial charge on any atom is 0.420 e. The van der Waals surface area contributed by atoms with Gasteiger partial charge in [0.2, 0.25) is 5.91 Å². The number of imide groups is 1. The van der Waals surface area contributed by atoms with E-state index in [2.05, 4.69) is 24.9 Å². The number of nitrogens with two attached hydrogens (primary N) is 1. The van der Waals surface area contributed by atoms with Crippen LogP contribution in [0.4, 0.5) is 4.79 Å². The van der Waals surface area contributed by atoms with Crippen LogP contribution < -0.4 is 20.5 Å². The molecule has 0 spiro atoms. The van der Waals surface area contributed by atoms with E-state index < -0.39 is 18.0 Å². The van der Waals surface area contributed by atoms with E-state index in [-0.39, 0.29) is 37.0 Å². The first-order valence-corrected chi connectivity index (χ1v) is 11.1. The largest absolute Gasteiger partial charge is 0.483 e. The van der Waals surface area contributed by atoms with E-state index in [0.29, 0.717) is 0 Å². The number of nitrogens with zero attached hydrogens (tertiary/aromatic N) is 1. The molecule has 0 aliphatic rings. The fraction of sp³-hybridized carbons (Fsp3) is 0.308. The summed E-state index contributed by atoms with van der Waals surface area (Å²) in [7, 11) is 0. The summed E-state index contributed by atoms with van der Waals surface area (Å²) >= 11 is 0. The van der Waals surface area contributed by atoms with Crippen LogP contribution in [0.15, 0.2) is 65.9 Å². The molecular formula is C26H31N3O6. The molecule has 0 aliphatic heterocycles. The quantitative estimate of drug-likeness (QED) is 0.363. The fourth-order valence-electron chi connectivity index (χ4n) is 2.77. The van der Waals surface area contributed by atoms with Gasteiger partial charge in [-0.25, -0.2) is 14.6 Å². The summed E-state index contributed by atoms with van der Waals surface area (Å²) in [6.45, 7) is 5.95. The molecular weight excluding hydrogens is 450 g/mol. The van der Waals surface area contributed by atoms with E-state index in [9.17, 15) is 14.4 Å². The van der Waals surface area contributed by atoms with Gasteiger partial charge in [0.1, 0.15) is 13.2 Å². The van der Waals surface area contributed by atoms with Crippen molar-refractivity contribution in [1.29, 1.82) is 0 Å². The molecule has 1 heterocycles. The van der Waals surface area contributed by atoms with Gasteiger partial charge in [-0.15, -0.1) is 0 Å². The first-order valence-electron chi connectivity index (χ1n) is 11.1. The zero-order valence-corrected chi connectivity index (χ0v) is 20.2. The van der Waals surface area contributed by atoms with E-state index in [1.165, 1.54) is 17.8 Å². The summed E-state index contributed by atoms with van der Waals surface area (Å²) in [5.41, 5.74) is 8.53. The minimum Gasteiger partial charge on any atom is -0.483 e. The van der Waals surface area contributed by atoms with Gasteiger partial charge in [-0.3, -0.25) is 10.1 Å². The number of carbonyl (C=O) groups excluding carboxylic acids is 3. The van der Waals surface area contributed by atoms with E-state index in [1.807, 2.05) is 48.6 Å². The second-order valence-corrected chi connectivity index (χ2v) is 7.91.